The predicted octanol–water partition coefficient (Wildman–Crippen LogP) is 3.79. The van der Waals surface area contributed by atoms with E-state index in [1.165, 1.54) is 0 Å². The largest absolute Gasteiger partial charge is 0.497 e. The molecule has 0 amide bonds. The van der Waals surface area contributed by atoms with Gasteiger partial charge < -0.3 is 9.47 Å². The van der Waals surface area contributed by atoms with Crippen LogP contribution in [0.3, 0.4) is 0 Å². The van der Waals surface area contributed by atoms with Gasteiger partial charge in [0, 0.05) is 10.8 Å². The van der Waals surface area contributed by atoms with E-state index in [1.54, 1.807) is 7.11 Å². The van der Waals surface area contributed by atoms with Crippen molar-refractivity contribution in [2.24, 2.45) is 22.2 Å². The van der Waals surface area contributed by atoms with Gasteiger partial charge in [0.05, 0.1) is 18.4 Å². The van der Waals surface area contributed by atoms with Crippen LogP contribution in [-0.4, -0.2) is 19.0 Å². The van der Waals surface area contributed by atoms with Crippen molar-refractivity contribution in [3.63, 3.8) is 0 Å². The van der Waals surface area contributed by atoms with Gasteiger partial charge >= 0.3 is 11.9 Å². The van der Waals surface area contributed by atoms with Crippen molar-refractivity contribution in [3.8, 4) is 5.75 Å². The van der Waals surface area contributed by atoms with E-state index < -0.39 is 10.8 Å². The van der Waals surface area contributed by atoms with Gasteiger partial charge in [0.25, 0.3) is 0 Å². The highest BCUT2D eigenvalue weighted by atomic mass is 16.6. The highest BCUT2D eigenvalue weighted by molar-refractivity contribution is 6.03. The zero-order valence-corrected chi connectivity index (χ0v) is 15.5. The molecule has 3 aliphatic carbocycles. The number of methoxy groups -OCH3 is 1. The third-order valence-corrected chi connectivity index (χ3v) is 8.36. The Hall–Kier alpha value is -2.10. The summed E-state index contributed by atoms with van der Waals surface area (Å²) in [5.74, 6) is -0.287. The van der Waals surface area contributed by atoms with Crippen LogP contribution in [0.1, 0.15) is 45.1 Å². The van der Waals surface area contributed by atoms with E-state index in [9.17, 15) is 9.59 Å². The molecule has 1 aromatic rings. The van der Waals surface area contributed by atoms with E-state index in [0.29, 0.717) is 0 Å². The first kappa shape index (κ1) is 16.1. The Balaban J connectivity index is 1.83. The number of fused-ring (bicyclic) bond motifs is 2. The lowest BCUT2D eigenvalue weighted by Crippen LogP contribution is -2.51. The lowest BCUT2D eigenvalue weighted by molar-refractivity contribution is -0.159. The van der Waals surface area contributed by atoms with Crippen LogP contribution in [0.2, 0.25) is 0 Å². The number of ether oxygens (including phenoxy) is 2. The summed E-state index contributed by atoms with van der Waals surface area (Å²) in [6.45, 7) is 4.25. The van der Waals surface area contributed by atoms with Crippen LogP contribution < -0.4 is 4.74 Å². The summed E-state index contributed by atoms with van der Waals surface area (Å²) in [5.41, 5.74) is -0.755. The van der Waals surface area contributed by atoms with Crippen LogP contribution >= 0.6 is 0 Å². The topological polar surface area (TPSA) is 52.6 Å². The first-order chi connectivity index (χ1) is 12.4. The number of rotatable bonds is 2. The van der Waals surface area contributed by atoms with Crippen molar-refractivity contribution >= 4 is 11.9 Å². The van der Waals surface area contributed by atoms with Crippen molar-refractivity contribution in [2.75, 3.05) is 7.11 Å². The second-order valence-corrected chi connectivity index (χ2v) is 8.79. The molecule has 3 fully saturated rings. The maximum Gasteiger partial charge on any atom is 0.321 e. The number of hydrogen-bond donors (Lipinski definition) is 0. The number of carbonyl (C=O) groups is 2. The Morgan fingerprint density at radius 3 is 2.42 bits per heavy atom. The predicted molar refractivity (Wildman–Crippen MR) is 95.5 cm³/mol. The standard InChI is InChI=1S/C22H24O4/c1-19-10-4-5-11-21(19)12-13-22(19,14-6-8-15(25-3)9-7-14)20(2)16(21)17(23)26-18(20)24/h6-9,12-13,16H,4-5,10-11H2,1-3H3/t16-,19-,20-,21-,22-/m0/s1. The lowest BCUT2D eigenvalue weighted by atomic mass is 9.51. The maximum absolute atomic E-state index is 13.1. The van der Waals surface area contributed by atoms with Gasteiger partial charge in [-0.3, -0.25) is 9.59 Å². The Bertz CT molecular complexity index is 855. The van der Waals surface area contributed by atoms with Gasteiger partial charge in [-0.1, -0.05) is 44.1 Å². The minimum atomic E-state index is -0.855. The van der Waals surface area contributed by atoms with E-state index in [-0.39, 0.29) is 28.7 Å². The van der Waals surface area contributed by atoms with Crippen molar-refractivity contribution in [1.82, 2.24) is 0 Å². The van der Waals surface area contributed by atoms with Crippen LogP contribution in [0, 0.1) is 22.2 Å². The average Bonchev–Trinajstić information content (AvgIpc) is 3.11. The van der Waals surface area contributed by atoms with Crippen LogP contribution in [-0.2, 0) is 19.7 Å². The van der Waals surface area contributed by atoms with Gasteiger partial charge in [-0.25, -0.2) is 0 Å². The van der Waals surface area contributed by atoms with Crippen LogP contribution in [0.4, 0.5) is 0 Å². The van der Waals surface area contributed by atoms with Crippen molar-refractivity contribution < 1.29 is 19.1 Å². The Kier molecular flexibility index (Phi) is 2.84. The zero-order valence-electron chi connectivity index (χ0n) is 15.5. The highest BCUT2D eigenvalue weighted by Crippen LogP contribution is 2.83. The van der Waals surface area contributed by atoms with Crippen LogP contribution in [0.25, 0.3) is 0 Å². The number of hydrogen-bond acceptors (Lipinski definition) is 4. The molecule has 4 aliphatic rings. The molecule has 0 unspecified atom stereocenters. The molecule has 4 heteroatoms. The molecule has 136 valence electrons. The van der Waals surface area contributed by atoms with E-state index in [2.05, 4.69) is 31.2 Å². The molecule has 5 rings (SSSR count). The van der Waals surface area contributed by atoms with E-state index in [1.807, 2.05) is 19.1 Å². The highest BCUT2D eigenvalue weighted by Gasteiger charge is 2.86. The number of cyclic esters (lactones) is 2. The number of allylic oxidation sites excluding steroid dienone is 2. The summed E-state index contributed by atoms with van der Waals surface area (Å²) in [6, 6.07) is 8.01. The number of esters is 2. The molecule has 0 N–H and O–H groups in total. The summed E-state index contributed by atoms with van der Waals surface area (Å²) in [5, 5.41) is 0. The Labute approximate surface area is 153 Å². The molecule has 5 atom stereocenters. The van der Waals surface area contributed by atoms with Gasteiger partial charge in [-0.05, 0) is 42.9 Å². The molecule has 0 radical (unpaired) electrons. The zero-order chi connectivity index (χ0) is 18.4. The second-order valence-electron chi connectivity index (χ2n) is 8.79. The number of benzene rings is 1. The molecule has 1 aromatic carbocycles. The molecule has 1 heterocycles. The fourth-order valence-electron chi connectivity index (χ4n) is 7.29. The molecular formula is C22H24O4. The molecule has 0 spiro atoms. The summed E-state index contributed by atoms with van der Waals surface area (Å²) in [7, 11) is 1.65. The summed E-state index contributed by atoms with van der Waals surface area (Å²) >= 11 is 0. The average molecular weight is 352 g/mol. The SMILES string of the molecule is COc1ccc([C@@]23C=C[C@@]4(CCCC[C@]24C)[C@H]2C(=O)OC(=O)[C@]23C)cc1. The van der Waals surface area contributed by atoms with E-state index in [0.717, 1.165) is 37.0 Å². The molecule has 26 heavy (non-hydrogen) atoms. The fraction of sp³-hybridized carbons (Fsp3) is 0.545. The van der Waals surface area contributed by atoms with Gasteiger partial charge in [-0.2, -0.15) is 0 Å². The van der Waals surface area contributed by atoms with Gasteiger partial charge in [-0.15, -0.1) is 0 Å². The van der Waals surface area contributed by atoms with E-state index >= 15 is 0 Å². The summed E-state index contributed by atoms with van der Waals surface area (Å²) < 4.78 is 10.6. The monoisotopic (exact) mass is 352 g/mol. The number of carbonyl (C=O) groups excluding carboxylic acids is 2. The molecular weight excluding hydrogens is 328 g/mol. The molecule has 2 bridgehead atoms. The second kappa shape index (κ2) is 4.59. The first-order valence-corrected chi connectivity index (χ1v) is 9.48. The third kappa shape index (κ3) is 1.33. The van der Waals surface area contributed by atoms with Crippen molar-refractivity contribution in [2.45, 2.75) is 44.9 Å². The third-order valence-electron chi connectivity index (χ3n) is 8.36. The normalized spacial score (nSPS) is 45.4. The Morgan fingerprint density at radius 1 is 1.04 bits per heavy atom. The molecule has 1 aliphatic heterocycles. The molecule has 0 aromatic heterocycles. The molecule has 2 saturated carbocycles. The maximum atomic E-state index is 13.1. The smallest absolute Gasteiger partial charge is 0.321 e. The van der Waals surface area contributed by atoms with Gasteiger partial charge in [0.2, 0.25) is 0 Å². The van der Waals surface area contributed by atoms with Crippen molar-refractivity contribution in [3.05, 3.63) is 42.0 Å². The van der Waals surface area contributed by atoms with Crippen LogP contribution in [0.5, 0.6) is 5.75 Å². The Morgan fingerprint density at radius 2 is 1.73 bits per heavy atom. The summed E-state index contributed by atoms with van der Waals surface area (Å²) in [4.78, 5) is 25.9. The first-order valence-electron chi connectivity index (χ1n) is 9.48. The van der Waals surface area contributed by atoms with Gasteiger partial charge in [0.1, 0.15) is 5.75 Å². The lowest BCUT2D eigenvalue weighted by Gasteiger charge is -2.51. The fourth-order valence-corrected chi connectivity index (χ4v) is 7.29. The minimum Gasteiger partial charge on any atom is -0.497 e. The van der Waals surface area contributed by atoms with Gasteiger partial charge in [0.15, 0.2) is 0 Å². The quantitative estimate of drug-likeness (QED) is 0.462. The van der Waals surface area contributed by atoms with E-state index in [4.69, 9.17) is 9.47 Å². The van der Waals surface area contributed by atoms with Crippen molar-refractivity contribution in [1.29, 1.82) is 0 Å². The molecule has 4 nitrogen and oxygen atoms in total. The minimum absolute atomic E-state index is 0.165. The molecule has 1 saturated heterocycles. The summed E-state index contributed by atoms with van der Waals surface area (Å²) in [6.07, 6.45) is 8.66. The van der Waals surface area contributed by atoms with Crippen LogP contribution in [0.15, 0.2) is 36.4 Å².